The van der Waals surface area contributed by atoms with Crippen molar-refractivity contribution >= 4 is 19.9 Å². The summed E-state index contributed by atoms with van der Waals surface area (Å²) < 4.78 is 2.48. The molecule has 0 radical (unpaired) electrons. The van der Waals surface area contributed by atoms with Crippen LogP contribution in [0.3, 0.4) is 0 Å². The van der Waals surface area contributed by atoms with Crippen LogP contribution in [-0.2, 0) is 0 Å². The lowest BCUT2D eigenvalue weighted by molar-refractivity contribution is 0.509. The quantitative estimate of drug-likeness (QED) is 0.617. The molecular weight excluding hydrogens is 160 g/mol. The highest BCUT2D eigenvalue weighted by molar-refractivity contribution is 8.34. The number of nitrogens with zero attached hydrogens (tertiary/aromatic N) is 1. The molecule has 62 valence electrons. The van der Waals surface area contributed by atoms with Crippen molar-refractivity contribution in [1.82, 2.24) is 4.31 Å². The Bertz CT molecular complexity index is 112. The Labute approximate surface area is 67.6 Å². The molecule has 0 unspecified atom stereocenters. The minimum Gasteiger partial charge on any atom is -0.284 e. The molecule has 0 aromatic rings. The highest BCUT2D eigenvalue weighted by atomic mass is 32.3. The van der Waals surface area contributed by atoms with Crippen molar-refractivity contribution in [3.63, 3.8) is 0 Å². The molecule has 0 atom stereocenters. The van der Waals surface area contributed by atoms with E-state index >= 15 is 0 Å². The van der Waals surface area contributed by atoms with Crippen LogP contribution in [0, 0.1) is 0 Å². The summed E-state index contributed by atoms with van der Waals surface area (Å²) in [6.07, 6.45) is 0. The Morgan fingerprint density at radius 2 is 1.90 bits per heavy atom. The Hall–Kier alpha value is 0.487. The minimum atomic E-state index is -0.685. The highest BCUT2D eigenvalue weighted by Gasteiger charge is 2.31. The predicted molar refractivity (Wildman–Crippen MR) is 53.0 cm³/mol. The van der Waals surface area contributed by atoms with Crippen molar-refractivity contribution in [2.45, 2.75) is 13.8 Å². The summed E-state index contributed by atoms with van der Waals surface area (Å²) >= 11 is 0. The zero-order chi connectivity index (χ0) is 7.61. The van der Waals surface area contributed by atoms with Gasteiger partial charge in [-0.25, -0.2) is 0 Å². The van der Waals surface area contributed by atoms with Crippen LogP contribution in [0.5, 0.6) is 0 Å². The van der Waals surface area contributed by atoms with Gasteiger partial charge in [0, 0.05) is 22.6 Å². The van der Waals surface area contributed by atoms with Gasteiger partial charge in [-0.1, -0.05) is 13.8 Å². The molecule has 0 aliphatic carbocycles. The third-order valence-electron chi connectivity index (χ3n) is 2.22. The Morgan fingerprint density at radius 3 is 2.00 bits per heavy atom. The van der Waals surface area contributed by atoms with E-state index in [-0.39, 0.29) is 0 Å². The summed E-state index contributed by atoms with van der Waals surface area (Å²) in [4.78, 5) is 0. The molecule has 1 saturated heterocycles. The average Bonchev–Trinajstić information content (AvgIpc) is 1.87. The molecule has 0 saturated carbocycles. The van der Waals surface area contributed by atoms with Crippen LogP contribution in [0.25, 0.3) is 0 Å². The van der Waals surface area contributed by atoms with E-state index in [0.717, 1.165) is 13.1 Å². The van der Waals surface area contributed by atoms with Gasteiger partial charge in [-0.2, -0.15) is 0 Å². The van der Waals surface area contributed by atoms with Crippen molar-refractivity contribution < 1.29 is 0 Å². The van der Waals surface area contributed by atoms with Gasteiger partial charge in [0.05, 0.1) is 0 Å². The smallest absolute Gasteiger partial charge is 0.0454 e. The lowest BCUT2D eigenvalue weighted by Crippen LogP contribution is -2.47. The number of nitrogens with two attached hydrogens (primary N) is 1. The number of hydrogen-bond donors (Lipinski definition) is 1. The second-order valence-corrected chi connectivity index (χ2v) is 9.07. The van der Waals surface area contributed by atoms with E-state index in [2.05, 4.69) is 18.2 Å². The van der Waals surface area contributed by atoms with E-state index in [0.29, 0.717) is 9.52 Å². The highest BCUT2D eigenvalue weighted by Crippen LogP contribution is 2.48. The van der Waals surface area contributed by atoms with Crippen LogP contribution < -0.4 is 5.14 Å². The molecule has 1 fully saturated rings. The van der Waals surface area contributed by atoms with Gasteiger partial charge < -0.3 is 0 Å². The Balaban J connectivity index is 2.43. The van der Waals surface area contributed by atoms with E-state index in [1.807, 2.05) is 0 Å². The van der Waals surface area contributed by atoms with Crippen LogP contribution in [0.4, 0.5) is 0 Å². The molecule has 4 heteroatoms. The van der Waals surface area contributed by atoms with Crippen LogP contribution >= 0.6 is 10.4 Å². The zero-order valence-electron chi connectivity index (χ0n) is 6.97. The van der Waals surface area contributed by atoms with E-state index in [1.165, 1.54) is 10.8 Å². The van der Waals surface area contributed by atoms with Crippen molar-refractivity contribution in [2.75, 3.05) is 23.8 Å². The topological polar surface area (TPSA) is 29.3 Å². The molecule has 1 heterocycles. The third kappa shape index (κ3) is 1.39. The maximum absolute atomic E-state index is 6.21. The van der Waals surface area contributed by atoms with E-state index < -0.39 is 10.4 Å². The minimum absolute atomic E-state index is 0.310. The molecule has 0 bridgehead atoms. The largest absolute Gasteiger partial charge is 0.284 e. The zero-order valence-corrected chi connectivity index (χ0v) is 9.20. The first-order valence-corrected chi connectivity index (χ1v) is 8.03. The fraction of sp³-hybridized carbons (Fsp3) is 1.00. The first-order chi connectivity index (χ1) is 4.73. The monoisotopic (exact) mass is 178 g/mol. The molecular formula is C6H18N2SSi. The molecule has 1 aliphatic heterocycles. The van der Waals surface area contributed by atoms with Gasteiger partial charge in [-0.15, -0.1) is 10.4 Å². The summed E-state index contributed by atoms with van der Waals surface area (Å²) in [6.45, 7) is 6.73. The Kier molecular flexibility index (Phi) is 2.79. The first kappa shape index (κ1) is 8.58. The number of rotatable bonds is 3. The van der Waals surface area contributed by atoms with Gasteiger partial charge >= 0.3 is 0 Å². The standard InChI is InChI=1S/C6H18N2SSi/c1-3-8(4-2)9(7)5-10-6-9/h3-7,10H2,1-2H3. The van der Waals surface area contributed by atoms with Crippen LogP contribution in [0.15, 0.2) is 0 Å². The van der Waals surface area contributed by atoms with E-state index in [1.54, 1.807) is 0 Å². The van der Waals surface area contributed by atoms with Gasteiger partial charge in [0.1, 0.15) is 0 Å². The number of hydrogen-bond acceptors (Lipinski definition) is 2. The Morgan fingerprint density at radius 1 is 1.40 bits per heavy atom. The molecule has 0 aromatic carbocycles. The van der Waals surface area contributed by atoms with Crippen LogP contribution in [0.1, 0.15) is 13.8 Å². The molecule has 2 N–H and O–H groups in total. The second-order valence-electron chi connectivity index (χ2n) is 2.78. The van der Waals surface area contributed by atoms with E-state index in [4.69, 9.17) is 5.14 Å². The SMILES string of the molecule is CCN(CC)S1(N)C[SiH2]C1. The molecule has 10 heavy (non-hydrogen) atoms. The summed E-state index contributed by atoms with van der Waals surface area (Å²) in [6, 6.07) is 0. The maximum Gasteiger partial charge on any atom is 0.0454 e. The third-order valence-corrected chi connectivity index (χ3v) is 11.7. The summed E-state index contributed by atoms with van der Waals surface area (Å²) in [5.74, 6) is 0. The fourth-order valence-electron chi connectivity index (χ4n) is 1.44. The van der Waals surface area contributed by atoms with Gasteiger partial charge in [0.25, 0.3) is 0 Å². The maximum atomic E-state index is 6.21. The molecule has 1 rings (SSSR count). The molecule has 0 aromatic heterocycles. The van der Waals surface area contributed by atoms with Gasteiger partial charge in [0.15, 0.2) is 0 Å². The molecule has 0 amide bonds. The lowest BCUT2D eigenvalue weighted by atomic mass is 10.7. The summed E-state index contributed by atoms with van der Waals surface area (Å²) in [7, 11) is -0.375. The van der Waals surface area contributed by atoms with Crippen LogP contribution in [-0.4, -0.2) is 37.7 Å². The fourth-order valence-corrected chi connectivity index (χ4v) is 8.05. The van der Waals surface area contributed by atoms with Crippen molar-refractivity contribution in [3.8, 4) is 0 Å². The summed E-state index contributed by atoms with van der Waals surface area (Å²) in [5.41, 5.74) is 0. The van der Waals surface area contributed by atoms with Gasteiger partial charge in [0.2, 0.25) is 0 Å². The van der Waals surface area contributed by atoms with Gasteiger partial charge in [-0.3, -0.25) is 9.44 Å². The summed E-state index contributed by atoms with van der Waals surface area (Å²) in [5, 5.41) is 9.03. The second kappa shape index (κ2) is 3.26. The van der Waals surface area contributed by atoms with Crippen molar-refractivity contribution in [2.24, 2.45) is 5.14 Å². The van der Waals surface area contributed by atoms with E-state index in [9.17, 15) is 0 Å². The van der Waals surface area contributed by atoms with Gasteiger partial charge in [-0.05, 0) is 10.8 Å². The normalized spacial score (nSPS) is 41.2. The van der Waals surface area contributed by atoms with Crippen LogP contribution in [0.2, 0.25) is 0 Å². The lowest BCUT2D eigenvalue weighted by Gasteiger charge is -2.51. The predicted octanol–water partition coefficient (Wildman–Crippen LogP) is 0.0189. The molecule has 2 nitrogen and oxygen atoms in total. The first-order valence-electron chi connectivity index (χ1n) is 4.04. The average molecular weight is 178 g/mol. The van der Waals surface area contributed by atoms with Crippen molar-refractivity contribution in [1.29, 1.82) is 0 Å². The molecule has 1 aliphatic rings. The molecule has 0 spiro atoms. The van der Waals surface area contributed by atoms with Crippen molar-refractivity contribution in [3.05, 3.63) is 0 Å².